The van der Waals surface area contributed by atoms with Crippen molar-refractivity contribution in [3.8, 4) is 10.4 Å². The highest BCUT2D eigenvalue weighted by Crippen LogP contribution is 2.45. The van der Waals surface area contributed by atoms with Gasteiger partial charge in [-0.15, -0.1) is 11.3 Å². The van der Waals surface area contributed by atoms with Crippen molar-refractivity contribution in [2.75, 3.05) is 36.4 Å². The van der Waals surface area contributed by atoms with Crippen molar-refractivity contribution in [3.05, 3.63) is 36.4 Å². The lowest BCUT2D eigenvalue weighted by Gasteiger charge is -2.49. The fraction of sp³-hybridized carbons (Fsp3) is 0.429. The molecule has 0 unspecified atom stereocenters. The Bertz CT molecular complexity index is 917. The van der Waals surface area contributed by atoms with E-state index >= 15 is 0 Å². The molecule has 0 radical (unpaired) electrons. The molecule has 4 aliphatic heterocycles. The van der Waals surface area contributed by atoms with Crippen molar-refractivity contribution in [1.29, 1.82) is 0 Å². The van der Waals surface area contributed by atoms with E-state index in [4.69, 9.17) is 4.74 Å². The fourth-order valence-electron chi connectivity index (χ4n) is 4.73. The molecule has 1 atom stereocenters. The van der Waals surface area contributed by atoms with Gasteiger partial charge < -0.3 is 10.1 Å². The highest BCUT2D eigenvalue weighted by Gasteiger charge is 2.55. The molecule has 2 amide bonds. The first kappa shape index (κ1) is 17.7. The average Bonchev–Trinajstić information content (AvgIpc) is 3.28. The van der Waals surface area contributed by atoms with Crippen LogP contribution >= 0.6 is 11.3 Å². The quantitative estimate of drug-likeness (QED) is 0.856. The third-order valence-electron chi connectivity index (χ3n) is 6.11. The summed E-state index contributed by atoms with van der Waals surface area (Å²) in [5.74, 6) is 0.396. The minimum absolute atomic E-state index is 0.0830. The number of anilines is 2. The lowest BCUT2D eigenvalue weighted by atomic mass is 9.75. The Morgan fingerprint density at radius 3 is 2.54 bits per heavy atom. The van der Waals surface area contributed by atoms with Crippen LogP contribution in [0.1, 0.15) is 19.8 Å². The molecule has 4 saturated heterocycles. The second kappa shape index (κ2) is 6.60. The fourth-order valence-corrected chi connectivity index (χ4v) is 5.73. The van der Waals surface area contributed by atoms with E-state index in [0.29, 0.717) is 12.5 Å². The van der Waals surface area contributed by atoms with E-state index in [1.807, 2.05) is 41.3 Å². The number of thiophene rings is 1. The Morgan fingerprint density at radius 1 is 1.14 bits per heavy atom. The molecule has 6 nitrogen and oxygen atoms in total. The van der Waals surface area contributed by atoms with Crippen molar-refractivity contribution in [2.24, 2.45) is 5.92 Å². The zero-order valence-corrected chi connectivity index (χ0v) is 16.6. The van der Waals surface area contributed by atoms with Crippen molar-refractivity contribution in [3.63, 3.8) is 0 Å². The number of carbonyl (C=O) groups is 2. The van der Waals surface area contributed by atoms with Crippen LogP contribution in [0.5, 0.6) is 0 Å². The lowest BCUT2D eigenvalue weighted by molar-refractivity contribution is -0.114. The molecule has 0 saturated carbocycles. The van der Waals surface area contributed by atoms with Gasteiger partial charge in [0.25, 0.3) is 0 Å². The van der Waals surface area contributed by atoms with Gasteiger partial charge in [0.1, 0.15) is 10.6 Å². The molecule has 7 heteroatoms. The third-order valence-corrected chi connectivity index (χ3v) is 7.26. The Kier molecular flexibility index (Phi) is 4.17. The predicted molar refractivity (Wildman–Crippen MR) is 110 cm³/mol. The normalized spacial score (nSPS) is 28.6. The van der Waals surface area contributed by atoms with Crippen LogP contribution in [-0.4, -0.2) is 48.7 Å². The smallest absolute Gasteiger partial charge is 0.415 e. The standard InChI is InChI=1S/C21H23N3O3S/c1-14(25)22-17-4-2-15(3-5-17)18-6-7-19(28-18)24-13-21(27-20(24)26)12-23-10-8-16(21)9-11-23/h2-7,16H,8-13H2,1H3,(H,22,25)/t21-/m1/s1. The van der Waals surface area contributed by atoms with Gasteiger partial charge in [0.2, 0.25) is 5.91 Å². The minimum atomic E-state index is -0.336. The highest BCUT2D eigenvalue weighted by molar-refractivity contribution is 7.19. The molecule has 1 spiro atoms. The summed E-state index contributed by atoms with van der Waals surface area (Å²) in [5.41, 5.74) is 1.51. The number of piperidine rings is 3. The molecule has 1 aromatic heterocycles. The number of nitrogens with one attached hydrogen (secondary N) is 1. The van der Waals surface area contributed by atoms with Crippen LogP contribution in [0.3, 0.4) is 0 Å². The van der Waals surface area contributed by atoms with Crippen LogP contribution in [0.15, 0.2) is 36.4 Å². The number of ether oxygens (including phenoxy) is 1. The van der Waals surface area contributed by atoms with Crippen LogP contribution < -0.4 is 10.2 Å². The van der Waals surface area contributed by atoms with Gasteiger partial charge in [-0.2, -0.15) is 0 Å². The van der Waals surface area contributed by atoms with E-state index in [2.05, 4.69) is 10.2 Å². The summed E-state index contributed by atoms with van der Waals surface area (Å²) >= 11 is 1.60. The van der Waals surface area contributed by atoms with Gasteiger partial charge in [0, 0.05) is 30.0 Å². The number of fused-ring (bicyclic) bond motifs is 2. The molecule has 2 aromatic rings. The molecule has 2 bridgehead atoms. The molecule has 4 fully saturated rings. The Labute approximate surface area is 168 Å². The lowest BCUT2D eigenvalue weighted by Crippen LogP contribution is -2.61. The maximum Gasteiger partial charge on any atom is 0.415 e. The van der Waals surface area contributed by atoms with Crippen molar-refractivity contribution in [1.82, 2.24) is 4.90 Å². The van der Waals surface area contributed by atoms with Crippen LogP contribution in [0.2, 0.25) is 0 Å². The molecule has 1 N–H and O–H groups in total. The summed E-state index contributed by atoms with van der Waals surface area (Å²) in [6.45, 7) is 5.26. The minimum Gasteiger partial charge on any atom is -0.439 e. The molecule has 5 heterocycles. The number of nitrogens with zero attached hydrogens (tertiary/aromatic N) is 2. The van der Waals surface area contributed by atoms with Crippen LogP contribution in [0.4, 0.5) is 15.5 Å². The summed E-state index contributed by atoms with van der Waals surface area (Å²) in [6, 6.07) is 11.8. The maximum absolute atomic E-state index is 12.7. The van der Waals surface area contributed by atoms with E-state index in [1.54, 1.807) is 11.3 Å². The van der Waals surface area contributed by atoms with Crippen molar-refractivity contribution in [2.45, 2.75) is 25.4 Å². The monoisotopic (exact) mass is 397 g/mol. The van der Waals surface area contributed by atoms with E-state index in [9.17, 15) is 9.59 Å². The van der Waals surface area contributed by atoms with Gasteiger partial charge in [-0.05, 0) is 55.8 Å². The Morgan fingerprint density at radius 2 is 1.89 bits per heavy atom. The molecular weight excluding hydrogens is 374 g/mol. The van der Waals surface area contributed by atoms with E-state index in [-0.39, 0.29) is 17.6 Å². The number of hydrogen-bond acceptors (Lipinski definition) is 5. The number of amides is 2. The summed E-state index contributed by atoms with van der Waals surface area (Å²) in [5, 5.41) is 3.71. The topological polar surface area (TPSA) is 61.9 Å². The van der Waals surface area contributed by atoms with Gasteiger partial charge in [-0.1, -0.05) is 12.1 Å². The molecule has 28 heavy (non-hydrogen) atoms. The van der Waals surface area contributed by atoms with Gasteiger partial charge in [0.05, 0.1) is 6.54 Å². The largest absolute Gasteiger partial charge is 0.439 e. The molecule has 146 valence electrons. The molecule has 1 aromatic carbocycles. The van der Waals surface area contributed by atoms with E-state index < -0.39 is 0 Å². The third kappa shape index (κ3) is 2.99. The van der Waals surface area contributed by atoms with Gasteiger partial charge in [0.15, 0.2) is 0 Å². The molecular formula is C21H23N3O3S. The number of rotatable bonds is 3. The number of benzene rings is 1. The molecule has 0 aliphatic carbocycles. The van der Waals surface area contributed by atoms with Crippen molar-refractivity contribution >= 4 is 34.0 Å². The van der Waals surface area contributed by atoms with Gasteiger partial charge in [-0.3, -0.25) is 14.6 Å². The summed E-state index contributed by atoms with van der Waals surface area (Å²) in [4.78, 5) is 29.2. The summed E-state index contributed by atoms with van der Waals surface area (Å²) < 4.78 is 5.97. The summed E-state index contributed by atoms with van der Waals surface area (Å²) in [6.07, 6.45) is 2.03. The number of carbonyl (C=O) groups excluding carboxylic acids is 2. The summed E-state index contributed by atoms with van der Waals surface area (Å²) in [7, 11) is 0. The highest BCUT2D eigenvalue weighted by atomic mass is 32.1. The molecule has 6 rings (SSSR count). The number of hydrogen-bond donors (Lipinski definition) is 1. The molecule has 4 aliphatic rings. The first-order valence-electron chi connectivity index (χ1n) is 9.73. The van der Waals surface area contributed by atoms with Crippen LogP contribution in [0, 0.1) is 5.92 Å². The van der Waals surface area contributed by atoms with Gasteiger partial charge in [-0.25, -0.2) is 4.79 Å². The second-order valence-corrected chi connectivity index (χ2v) is 9.03. The van der Waals surface area contributed by atoms with Crippen LogP contribution in [-0.2, 0) is 9.53 Å². The average molecular weight is 398 g/mol. The first-order valence-corrected chi connectivity index (χ1v) is 10.5. The van der Waals surface area contributed by atoms with E-state index in [1.165, 1.54) is 6.92 Å². The maximum atomic E-state index is 12.7. The predicted octanol–water partition coefficient (Wildman–Crippen LogP) is 3.79. The zero-order valence-electron chi connectivity index (χ0n) is 15.8. The Balaban J connectivity index is 1.35. The van der Waals surface area contributed by atoms with Crippen molar-refractivity contribution < 1.29 is 14.3 Å². The first-order chi connectivity index (χ1) is 13.5. The van der Waals surface area contributed by atoms with E-state index in [0.717, 1.165) is 53.6 Å². The van der Waals surface area contributed by atoms with Crippen LogP contribution in [0.25, 0.3) is 10.4 Å². The Hall–Kier alpha value is -2.38. The second-order valence-electron chi connectivity index (χ2n) is 7.97. The zero-order chi connectivity index (χ0) is 19.3. The SMILES string of the molecule is CC(=O)Nc1ccc(-c2ccc(N3C[C@@]4(CN5CCC4CC5)OC3=O)s2)cc1. The van der Waals surface area contributed by atoms with Gasteiger partial charge >= 0.3 is 6.09 Å².